The molecule has 0 amide bonds. The molecule has 2 heteroatoms. The normalized spacial score (nSPS) is 12.5. The highest BCUT2D eigenvalue weighted by Crippen LogP contribution is 2.14. The number of benzene rings is 2. The number of aliphatic hydroxyl groups is 1. The average Bonchev–Trinajstić information content (AvgIpc) is 2.58. The molecule has 2 rings (SSSR count). The Bertz CT molecular complexity index is 558. The molecule has 1 N–H and O–H groups in total. The van der Waals surface area contributed by atoms with Crippen LogP contribution in [0.5, 0.6) is 5.75 Å². The van der Waals surface area contributed by atoms with Gasteiger partial charge in [0.1, 0.15) is 5.75 Å². The molecule has 0 aromatic heterocycles. The molecule has 2 aromatic rings. The van der Waals surface area contributed by atoms with Gasteiger partial charge in [-0.2, -0.15) is 0 Å². The minimum atomic E-state index is -0.248. The van der Waals surface area contributed by atoms with Crippen LogP contribution in [-0.2, 0) is 6.42 Å². The molecule has 0 spiro atoms. The van der Waals surface area contributed by atoms with Gasteiger partial charge >= 0.3 is 0 Å². The molecular weight excluding hydrogens is 272 g/mol. The molecule has 0 radical (unpaired) electrons. The first kappa shape index (κ1) is 16.3. The van der Waals surface area contributed by atoms with E-state index in [2.05, 4.69) is 36.4 Å². The van der Waals surface area contributed by atoms with Gasteiger partial charge < -0.3 is 9.84 Å². The van der Waals surface area contributed by atoms with Crippen LogP contribution in [0.25, 0.3) is 6.08 Å². The van der Waals surface area contributed by atoms with Crippen molar-refractivity contribution in [1.29, 1.82) is 0 Å². The molecule has 2 aromatic carbocycles. The number of aryl methyl sites for hydroxylation is 1. The van der Waals surface area contributed by atoms with Crippen molar-refractivity contribution in [2.24, 2.45) is 0 Å². The predicted octanol–water partition coefficient (Wildman–Crippen LogP) is 4.48. The summed E-state index contributed by atoms with van der Waals surface area (Å²) in [5.41, 5.74) is 2.44. The van der Waals surface area contributed by atoms with E-state index in [4.69, 9.17) is 4.74 Å². The molecule has 1 atom stereocenters. The van der Waals surface area contributed by atoms with E-state index in [9.17, 15) is 5.11 Å². The fraction of sp³-hybridized carbons (Fsp3) is 0.300. The minimum absolute atomic E-state index is 0.248. The van der Waals surface area contributed by atoms with Gasteiger partial charge in [-0.25, -0.2) is 0 Å². The summed E-state index contributed by atoms with van der Waals surface area (Å²) < 4.78 is 5.14. The molecule has 0 saturated carbocycles. The summed E-state index contributed by atoms with van der Waals surface area (Å²) in [4.78, 5) is 0. The average molecular weight is 296 g/mol. The van der Waals surface area contributed by atoms with E-state index in [0.717, 1.165) is 31.4 Å². The number of hydrogen-bond acceptors (Lipinski definition) is 2. The second-order valence-corrected chi connectivity index (χ2v) is 5.43. The Morgan fingerprint density at radius 2 is 1.73 bits per heavy atom. The lowest BCUT2D eigenvalue weighted by Gasteiger charge is -2.09. The van der Waals surface area contributed by atoms with Crippen LogP contribution in [0, 0.1) is 0 Å². The van der Waals surface area contributed by atoms with Gasteiger partial charge in [-0.3, -0.25) is 0 Å². The number of rotatable bonds is 8. The molecule has 116 valence electrons. The first-order valence-electron chi connectivity index (χ1n) is 7.80. The van der Waals surface area contributed by atoms with Crippen LogP contribution in [-0.4, -0.2) is 18.3 Å². The van der Waals surface area contributed by atoms with Gasteiger partial charge in [-0.05, 0) is 48.9 Å². The van der Waals surface area contributed by atoms with Gasteiger partial charge in [0, 0.05) is 0 Å². The Morgan fingerprint density at radius 3 is 2.41 bits per heavy atom. The predicted molar refractivity (Wildman–Crippen MR) is 92.0 cm³/mol. The smallest absolute Gasteiger partial charge is 0.118 e. The maximum Gasteiger partial charge on any atom is 0.118 e. The van der Waals surface area contributed by atoms with Gasteiger partial charge in [0.05, 0.1) is 13.2 Å². The molecule has 0 bridgehead atoms. The summed E-state index contributed by atoms with van der Waals surface area (Å²) in [5.74, 6) is 0.871. The second kappa shape index (κ2) is 9.06. The highest BCUT2D eigenvalue weighted by molar-refractivity contribution is 5.48. The van der Waals surface area contributed by atoms with E-state index >= 15 is 0 Å². The maximum atomic E-state index is 10.0. The fourth-order valence-corrected chi connectivity index (χ4v) is 2.34. The van der Waals surface area contributed by atoms with E-state index in [1.54, 1.807) is 7.11 Å². The van der Waals surface area contributed by atoms with Gasteiger partial charge in [0.15, 0.2) is 0 Å². The quantitative estimate of drug-likeness (QED) is 0.778. The largest absolute Gasteiger partial charge is 0.497 e. The van der Waals surface area contributed by atoms with Crippen molar-refractivity contribution >= 4 is 6.08 Å². The van der Waals surface area contributed by atoms with E-state index in [1.807, 2.05) is 30.3 Å². The third-order valence-corrected chi connectivity index (χ3v) is 3.70. The summed E-state index contributed by atoms with van der Waals surface area (Å²) in [6.07, 6.45) is 7.39. The van der Waals surface area contributed by atoms with Gasteiger partial charge in [0.25, 0.3) is 0 Å². The summed E-state index contributed by atoms with van der Waals surface area (Å²) in [6, 6.07) is 18.3. The molecule has 0 heterocycles. The summed E-state index contributed by atoms with van der Waals surface area (Å²) in [5, 5.41) is 10.0. The van der Waals surface area contributed by atoms with Crippen molar-refractivity contribution in [3.63, 3.8) is 0 Å². The third kappa shape index (κ3) is 5.74. The first-order chi connectivity index (χ1) is 10.8. The molecule has 22 heavy (non-hydrogen) atoms. The van der Waals surface area contributed by atoms with Crippen LogP contribution < -0.4 is 4.74 Å². The van der Waals surface area contributed by atoms with Crippen molar-refractivity contribution in [2.75, 3.05) is 7.11 Å². The Morgan fingerprint density at radius 1 is 1.00 bits per heavy atom. The standard InChI is InChI=1S/C20H24O2/c1-22-20-15-12-18(13-16-20)11-14-19(21)10-6-5-9-17-7-3-2-4-8-17/h2-5,7-9,12-13,15-16,19,21H,6,10-11,14H2,1H3/t19-/m1/s1. The lowest BCUT2D eigenvalue weighted by atomic mass is 10.0. The van der Waals surface area contributed by atoms with Crippen LogP contribution >= 0.6 is 0 Å². The highest BCUT2D eigenvalue weighted by atomic mass is 16.5. The van der Waals surface area contributed by atoms with Crippen molar-refractivity contribution in [2.45, 2.75) is 31.8 Å². The molecule has 0 unspecified atom stereocenters. The zero-order valence-corrected chi connectivity index (χ0v) is 13.1. The fourth-order valence-electron chi connectivity index (χ4n) is 2.34. The Labute approximate surface area is 133 Å². The number of allylic oxidation sites excluding steroid dienone is 1. The monoisotopic (exact) mass is 296 g/mol. The van der Waals surface area contributed by atoms with Crippen LogP contribution in [0.4, 0.5) is 0 Å². The van der Waals surface area contributed by atoms with E-state index in [0.29, 0.717) is 0 Å². The van der Waals surface area contributed by atoms with Crippen molar-refractivity contribution in [3.05, 3.63) is 71.8 Å². The molecule has 0 aliphatic carbocycles. The van der Waals surface area contributed by atoms with Crippen LogP contribution in [0.3, 0.4) is 0 Å². The molecule has 0 saturated heterocycles. The number of hydrogen-bond donors (Lipinski definition) is 1. The summed E-state index contributed by atoms with van der Waals surface area (Å²) in [6.45, 7) is 0. The third-order valence-electron chi connectivity index (χ3n) is 3.70. The zero-order valence-electron chi connectivity index (χ0n) is 13.1. The molecule has 0 fully saturated rings. The van der Waals surface area contributed by atoms with E-state index in [-0.39, 0.29) is 6.10 Å². The minimum Gasteiger partial charge on any atom is -0.497 e. The van der Waals surface area contributed by atoms with Crippen molar-refractivity contribution in [3.8, 4) is 5.75 Å². The van der Waals surface area contributed by atoms with Crippen molar-refractivity contribution < 1.29 is 9.84 Å². The van der Waals surface area contributed by atoms with Gasteiger partial charge in [0.2, 0.25) is 0 Å². The summed E-state index contributed by atoms with van der Waals surface area (Å²) >= 11 is 0. The lowest BCUT2D eigenvalue weighted by molar-refractivity contribution is 0.156. The maximum absolute atomic E-state index is 10.0. The number of ether oxygens (including phenoxy) is 1. The topological polar surface area (TPSA) is 29.5 Å². The SMILES string of the molecule is COc1ccc(CC[C@H](O)CCC=Cc2ccccc2)cc1. The summed E-state index contributed by atoms with van der Waals surface area (Å²) in [7, 11) is 1.67. The highest BCUT2D eigenvalue weighted by Gasteiger charge is 2.03. The van der Waals surface area contributed by atoms with Gasteiger partial charge in [-0.15, -0.1) is 0 Å². The van der Waals surface area contributed by atoms with Crippen LogP contribution in [0.15, 0.2) is 60.7 Å². The van der Waals surface area contributed by atoms with E-state index < -0.39 is 0 Å². The van der Waals surface area contributed by atoms with Crippen LogP contribution in [0.2, 0.25) is 0 Å². The van der Waals surface area contributed by atoms with Gasteiger partial charge in [-0.1, -0.05) is 54.6 Å². The Kier molecular flexibility index (Phi) is 6.72. The lowest BCUT2D eigenvalue weighted by Crippen LogP contribution is -2.07. The molecule has 2 nitrogen and oxygen atoms in total. The van der Waals surface area contributed by atoms with E-state index in [1.165, 1.54) is 11.1 Å². The molecule has 0 aliphatic heterocycles. The second-order valence-electron chi connectivity index (χ2n) is 5.43. The number of methoxy groups -OCH3 is 1. The van der Waals surface area contributed by atoms with Crippen LogP contribution in [0.1, 0.15) is 30.4 Å². The first-order valence-corrected chi connectivity index (χ1v) is 7.80. The Hall–Kier alpha value is -2.06. The number of aliphatic hydroxyl groups excluding tert-OH is 1. The zero-order chi connectivity index (χ0) is 15.6. The molecule has 0 aliphatic rings. The Balaban J connectivity index is 1.67. The molecular formula is C20H24O2. The van der Waals surface area contributed by atoms with Crippen molar-refractivity contribution in [1.82, 2.24) is 0 Å².